The van der Waals surface area contributed by atoms with E-state index in [0.29, 0.717) is 0 Å². The van der Waals surface area contributed by atoms with Crippen LogP contribution in [0, 0.1) is 6.92 Å². The summed E-state index contributed by atoms with van der Waals surface area (Å²) in [5.74, 6) is -0.799. The zero-order valence-electron chi connectivity index (χ0n) is 10.9. The van der Waals surface area contributed by atoms with E-state index in [1.54, 1.807) is 12.1 Å². The SMILES string of the molecule is Cc1cccc(C=CC(=O)NNC(=O)c2ccco2)c1. The second-order valence-electron chi connectivity index (χ2n) is 4.17. The number of amides is 2. The minimum Gasteiger partial charge on any atom is -0.459 e. The zero-order chi connectivity index (χ0) is 14.4. The van der Waals surface area contributed by atoms with Gasteiger partial charge in [-0.15, -0.1) is 0 Å². The Kier molecular flexibility index (Phi) is 4.34. The molecule has 0 radical (unpaired) electrons. The zero-order valence-corrected chi connectivity index (χ0v) is 10.9. The largest absolute Gasteiger partial charge is 0.459 e. The van der Waals surface area contributed by atoms with Gasteiger partial charge in [-0.25, -0.2) is 0 Å². The number of furan rings is 1. The summed E-state index contributed by atoms with van der Waals surface area (Å²) >= 11 is 0. The fraction of sp³-hybridized carbons (Fsp3) is 0.0667. The summed E-state index contributed by atoms with van der Waals surface area (Å²) in [6.07, 6.45) is 4.40. The van der Waals surface area contributed by atoms with Gasteiger partial charge in [0, 0.05) is 6.08 Å². The molecule has 0 aliphatic rings. The molecule has 102 valence electrons. The van der Waals surface area contributed by atoms with Crippen LogP contribution in [0.2, 0.25) is 0 Å². The van der Waals surface area contributed by atoms with E-state index in [-0.39, 0.29) is 5.76 Å². The Morgan fingerprint density at radius 3 is 2.70 bits per heavy atom. The highest BCUT2D eigenvalue weighted by atomic mass is 16.3. The molecule has 0 aliphatic carbocycles. The number of hydrogen-bond donors (Lipinski definition) is 2. The highest BCUT2D eigenvalue weighted by Crippen LogP contribution is 2.05. The fourth-order valence-electron chi connectivity index (χ4n) is 1.58. The second kappa shape index (κ2) is 6.38. The summed E-state index contributed by atoms with van der Waals surface area (Å²) in [6, 6.07) is 10.8. The third kappa shape index (κ3) is 3.84. The summed E-state index contributed by atoms with van der Waals surface area (Å²) in [5.41, 5.74) is 6.54. The molecule has 1 aromatic carbocycles. The Labute approximate surface area is 116 Å². The van der Waals surface area contributed by atoms with E-state index < -0.39 is 11.8 Å². The minimum absolute atomic E-state index is 0.132. The van der Waals surface area contributed by atoms with Gasteiger partial charge in [0.05, 0.1) is 6.26 Å². The molecule has 0 bridgehead atoms. The lowest BCUT2D eigenvalue weighted by Crippen LogP contribution is -2.40. The Morgan fingerprint density at radius 1 is 1.15 bits per heavy atom. The van der Waals surface area contributed by atoms with Crippen molar-refractivity contribution in [1.82, 2.24) is 10.9 Å². The van der Waals surface area contributed by atoms with E-state index in [4.69, 9.17) is 4.42 Å². The molecule has 0 saturated carbocycles. The van der Waals surface area contributed by atoms with E-state index in [9.17, 15) is 9.59 Å². The van der Waals surface area contributed by atoms with Gasteiger partial charge >= 0.3 is 5.91 Å². The standard InChI is InChI=1S/C15H14N2O3/c1-11-4-2-5-12(10-11)7-8-14(18)16-17-15(19)13-6-3-9-20-13/h2-10H,1H3,(H,16,18)(H,17,19). The summed E-state index contributed by atoms with van der Waals surface area (Å²) < 4.78 is 4.89. The van der Waals surface area contributed by atoms with Crippen LogP contribution in [0.1, 0.15) is 21.7 Å². The van der Waals surface area contributed by atoms with Crippen molar-refractivity contribution in [2.45, 2.75) is 6.92 Å². The van der Waals surface area contributed by atoms with Crippen molar-refractivity contribution >= 4 is 17.9 Å². The van der Waals surface area contributed by atoms with Crippen LogP contribution in [0.4, 0.5) is 0 Å². The molecule has 0 spiro atoms. The van der Waals surface area contributed by atoms with E-state index in [1.165, 1.54) is 18.4 Å². The van der Waals surface area contributed by atoms with Crippen molar-refractivity contribution in [1.29, 1.82) is 0 Å². The van der Waals surface area contributed by atoms with Gasteiger partial charge in [-0.2, -0.15) is 0 Å². The maximum Gasteiger partial charge on any atom is 0.305 e. The van der Waals surface area contributed by atoms with E-state index in [1.807, 2.05) is 31.2 Å². The minimum atomic E-state index is -0.507. The van der Waals surface area contributed by atoms with Gasteiger partial charge in [0.25, 0.3) is 5.91 Å². The smallest absolute Gasteiger partial charge is 0.305 e. The summed E-state index contributed by atoms with van der Waals surface area (Å²) in [5, 5.41) is 0. The molecular formula is C15H14N2O3. The van der Waals surface area contributed by atoms with Crippen molar-refractivity contribution in [2.24, 2.45) is 0 Å². The van der Waals surface area contributed by atoms with Crippen molar-refractivity contribution < 1.29 is 14.0 Å². The summed E-state index contributed by atoms with van der Waals surface area (Å²) in [4.78, 5) is 23.0. The Morgan fingerprint density at radius 2 is 2.00 bits per heavy atom. The number of benzene rings is 1. The normalized spacial score (nSPS) is 10.4. The summed E-state index contributed by atoms with van der Waals surface area (Å²) in [7, 11) is 0. The van der Waals surface area contributed by atoms with Gasteiger partial charge in [0.2, 0.25) is 0 Å². The Hall–Kier alpha value is -2.82. The third-order valence-corrected chi connectivity index (χ3v) is 2.51. The average Bonchev–Trinajstić information content (AvgIpc) is 2.97. The molecule has 2 N–H and O–H groups in total. The van der Waals surface area contributed by atoms with Crippen LogP contribution in [0.5, 0.6) is 0 Å². The van der Waals surface area contributed by atoms with Crippen LogP contribution in [0.3, 0.4) is 0 Å². The molecule has 2 aromatic rings. The number of hydrazine groups is 1. The van der Waals surface area contributed by atoms with Gasteiger partial charge in [0.1, 0.15) is 0 Å². The van der Waals surface area contributed by atoms with E-state index in [0.717, 1.165) is 11.1 Å². The van der Waals surface area contributed by atoms with Crippen LogP contribution < -0.4 is 10.9 Å². The monoisotopic (exact) mass is 270 g/mol. The van der Waals surface area contributed by atoms with Crippen molar-refractivity contribution in [2.75, 3.05) is 0 Å². The maximum absolute atomic E-state index is 11.5. The van der Waals surface area contributed by atoms with Crippen molar-refractivity contribution in [3.8, 4) is 0 Å². The first-order valence-corrected chi connectivity index (χ1v) is 6.04. The number of rotatable bonds is 3. The van der Waals surface area contributed by atoms with Gasteiger partial charge in [-0.05, 0) is 30.7 Å². The molecule has 0 atom stereocenters. The van der Waals surface area contributed by atoms with Crippen LogP contribution in [-0.2, 0) is 4.79 Å². The molecule has 2 amide bonds. The molecule has 20 heavy (non-hydrogen) atoms. The van der Waals surface area contributed by atoms with Crippen molar-refractivity contribution in [3.05, 3.63) is 65.6 Å². The lowest BCUT2D eigenvalue weighted by molar-refractivity contribution is -0.117. The fourth-order valence-corrected chi connectivity index (χ4v) is 1.58. The number of aryl methyl sites for hydroxylation is 1. The van der Waals surface area contributed by atoms with E-state index >= 15 is 0 Å². The van der Waals surface area contributed by atoms with E-state index in [2.05, 4.69) is 10.9 Å². The van der Waals surface area contributed by atoms with Crippen LogP contribution in [0.25, 0.3) is 6.08 Å². The lowest BCUT2D eigenvalue weighted by Gasteiger charge is -2.02. The molecular weight excluding hydrogens is 256 g/mol. The molecule has 5 heteroatoms. The lowest BCUT2D eigenvalue weighted by atomic mass is 10.1. The van der Waals surface area contributed by atoms with Crippen LogP contribution in [-0.4, -0.2) is 11.8 Å². The first kappa shape index (κ1) is 13.6. The third-order valence-electron chi connectivity index (χ3n) is 2.51. The molecule has 1 aromatic heterocycles. The molecule has 0 fully saturated rings. The molecule has 0 unspecified atom stereocenters. The number of hydrogen-bond acceptors (Lipinski definition) is 3. The topological polar surface area (TPSA) is 71.3 Å². The molecule has 2 rings (SSSR count). The van der Waals surface area contributed by atoms with Gasteiger partial charge < -0.3 is 4.42 Å². The number of carbonyl (C=O) groups excluding carboxylic acids is 2. The highest BCUT2D eigenvalue weighted by molar-refractivity contribution is 5.96. The second-order valence-corrected chi connectivity index (χ2v) is 4.17. The molecule has 0 saturated heterocycles. The molecule has 5 nitrogen and oxygen atoms in total. The van der Waals surface area contributed by atoms with Crippen molar-refractivity contribution in [3.63, 3.8) is 0 Å². The van der Waals surface area contributed by atoms with Gasteiger partial charge in [-0.3, -0.25) is 20.4 Å². The predicted octanol–water partition coefficient (Wildman–Crippen LogP) is 2.06. The Balaban J connectivity index is 1.85. The molecule has 0 aliphatic heterocycles. The quantitative estimate of drug-likeness (QED) is 0.662. The maximum atomic E-state index is 11.5. The first-order valence-electron chi connectivity index (χ1n) is 6.04. The van der Waals surface area contributed by atoms with Gasteiger partial charge in [0.15, 0.2) is 5.76 Å². The predicted molar refractivity (Wildman–Crippen MR) is 74.5 cm³/mol. The van der Waals surface area contributed by atoms with Gasteiger partial charge in [-0.1, -0.05) is 29.8 Å². The van der Waals surface area contributed by atoms with Crippen LogP contribution in [0.15, 0.2) is 53.2 Å². The average molecular weight is 270 g/mol. The summed E-state index contributed by atoms with van der Waals surface area (Å²) in [6.45, 7) is 1.97. The molecule has 1 heterocycles. The first-order chi connectivity index (χ1) is 9.65. The Bertz CT molecular complexity index is 630. The van der Waals surface area contributed by atoms with Crippen LogP contribution >= 0.6 is 0 Å². The number of nitrogens with one attached hydrogen (secondary N) is 2. The highest BCUT2D eigenvalue weighted by Gasteiger charge is 2.07. The number of carbonyl (C=O) groups is 2.